The van der Waals surface area contributed by atoms with Gasteiger partial charge >= 0.3 is 5.97 Å². The van der Waals surface area contributed by atoms with Gasteiger partial charge in [-0.05, 0) is 26.7 Å². The number of carbonyl (C=O) groups excluding carboxylic acids is 1. The van der Waals surface area contributed by atoms with Crippen LogP contribution in [0.25, 0.3) is 0 Å². The highest BCUT2D eigenvalue weighted by molar-refractivity contribution is 5.87. The number of nitrogens with zero attached hydrogens (tertiary/aromatic N) is 4. The second-order valence-electron chi connectivity index (χ2n) is 4.98. The number of amides is 1. The number of likely N-dealkylation sites (N-methyl/N-ethyl adjacent to an activating group) is 1. The molecule has 1 amide bonds. The summed E-state index contributed by atoms with van der Waals surface area (Å²) in [6.45, 7) is 5.16. The third-order valence-corrected chi connectivity index (χ3v) is 3.87. The molecule has 1 aliphatic carbocycles. The first-order valence-corrected chi connectivity index (χ1v) is 7.02. The second-order valence-corrected chi connectivity index (χ2v) is 4.98. The first kappa shape index (κ1) is 14.5. The number of hydrogen-bond donors (Lipinski definition) is 1. The predicted octanol–water partition coefficient (Wildman–Crippen LogP) is 1.11. The molecule has 0 bridgehead atoms. The van der Waals surface area contributed by atoms with Crippen LogP contribution in [-0.2, 0) is 11.3 Å². The fraction of sp³-hybridized carbons (Fsp3) is 0.692. The average molecular weight is 280 g/mol. The minimum atomic E-state index is -1.08. The first-order chi connectivity index (χ1) is 9.58. The van der Waals surface area contributed by atoms with Crippen LogP contribution < -0.4 is 0 Å². The molecule has 1 aromatic heterocycles. The number of aromatic carboxylic acids is 1. The normalized spacial score (nSPS) is 14.9. The largest absolute Gasteiger partial charge is 0.476 e. The van der Waals surface area contributed by atoms with E-state index in [1.54, 1.807) is 4.90 Å². The molecule has 0 unspecified atom stereocenters. The van der Waals surface area contributed by atoms with E-state index in [1.807, 2.05) is 13.8 Å². The Morgan fingerprint density at radius 3 is 2.45 bits per heavy atom. The molecule has 1 saturated carbocycles. The monoisotopic (exact) mass is 280 g/mol. The van der Waals surface area contributed by atoms with Crippen molar-refractivity contribution >= 4 is 11.9 Å². The van der Waals surface area contributed by atoms with Crippen LogP contribution in [0.3, 0.4) is 0 Å². The molecule has 1 N–H and O–H groups in total. The van der Waals surface area contributed by atoms with Gasteiger partial charge in [-0.25, -0.2) is 9.48 Å². The topological polar surface area (TPSA) is 88.3 Å². The summed E-state index contributed by atoms with van der Waals surface area (Å²) in [7, 11) is 0. The smallest absolute Gasteiger partial charge is 0.358 e. The SMILES string of the molecule is CCN(CC)C(=O)Cn1nnc(C(=O)O)c1C1CCC1. The zero-order valence-corrected chi connectivity index (χ0v) is 11.9. The van der Waals surface area contributed by atoms with Crippen LogP contribution in [0.5, 0.6) is 0 Å². The van der Waals surface area contributed by atoms with Gasteiger partial charge in [0.05, 0.1) is 5.69 Å². The summed E-state index contributed by atoms with van der Waals surface area (Å²) >= 11 is 0. The van der Waals surface area contributed by atoms with E-state index in [0.29, 0.717) is 18.8 Å². The zero-order chi connectivity index (χ0) is 14.7. The zero-order valence-electron chi connectivity index (χ0n) is 11.9. The van der Waals surface area contributed by atoms with Gasteiger partial charge in [0.25, 0.3) is 0 Å². The van der Waals surface area contributed by atoms with Gasteiger partial charge in [0, 0.05) is 19.0 Å². The molecular weight excluding hydrogens is 260 g/mol. The van der Waals surface area contributed by atoms with Gasteiger partial charge < -0.3 is 10.0 Å². The molecule has 1 aromatic rings. The lowest BCUT2D eigenvalue weighted by atomic mass is 9.82. The Morgan fingerprint density at radius 2 is 2.00 bits per heavy atom. The van der Waals surface area contributed by atoms with Crippen molar-refractivity contribution in [3.63, 3.8) is 0 Å². The van der Waals surface area contributed by atoms with Gasteiger partial charge in [-0.2, -0.15) is 0 Å². The molecule has 20 heavy (non-hydrogen) atoms. The molecule has 1 aliphatic rings. The van der Waals surface area contributed by atoms with Crippen molar-refractivity contribution in [1.29, 1.82) is 0 Å². The quantitative estimate of drug-likeness (QED) is 0.843. The molecule has 1 heterocycles. The van der Waals surface area contributed by atoms with Crippen molar-refractivity contribution in [3.05, 3.63) is 11.4 Å². The maximum atomic E-state index is 12.1. The summed E-state index contributed by atoms with van der Waals surface area (Å²) in [5.74, 6) is -0.966. The molecule has 7 heteroatoms. The maximum absolute atomic E-state index is 12.1. The van der Waals surface area contributed by atoms with E-state index in [4.69, 9.17) is 0 Å². The number of hydrogen-bond acceptors (Lipinski definition) is 4. The van der Waals surface area contributed by atoms with Crippen LogP contribution in [0.15, 0.2) is 0 Å². The van der Waals surface area contributed by atoms with Crippen LogP contribution in [0, 0.1) is 0 Å². The van der Waals surface area contributed by atoms with Crippen molar-refractivity contribution in [2.45, 2.75) is 45.6 Å². The van der Waals surface area contributed by atoms with E-state index in [2.05, 4.69) is 10.3 Å². The Morgan fingerprint density at radius 1 is 1.35 bits per heavy atom. The number of carboxylic acids is 1. The molecule has 2 rings (SSSR count). The maximum Gasteiger partial charge on any atom is 0.358 e. The standard InChI is InChI=1S/C13H20N4O3/c1-3-16(4-2)10(18)8-17-12(9-6-5-7-9)11(13(19)20)14-15-17/h9H,3-8H2,1-2H3,(H,19,20). The Hall–Kier alpha value is -1.92. The van der Waals surface area contributed by atoms with Gasteiger partial charge in [0.1, 0.15) is 6.54 Å². The minimum absolute atomic E-state index is 0.0120. The number of rotatable bonds is 6. The molecular formula is C13H20N4O3. The van der Waals surface area contributed by atoms with Crippen molar-refractivity contribution in [1.82, 2.24) is 19.9 Å². The number of carbonyl (C=O) groups is 2. The molecule has 110 valence electrons. The average Bonchev–Trinajstić information content (AvgIpc) is 2.72. The highest BCUT2D eigenvalue weighted by atomic mass is 16.4. The summed E-state index contributed by atoms with van der Waals surface area (Å²) in [5, 5.41) is 16.8. The highest BCUT2D eigenvalue weighted by Crippen LogP contribution is 2.37. The van der Waals surface area contributed by atoms with E-state index in [0.717, 1.165) is 19.3 Å². The molecule has 0 aromatic carbocycles. The van der Waals surface area contributed by atoms with Crippen LogP contribution in [-0.4, -0.2) is 50.0 Å². The Balaban J connectivity index is 2.23. The van der Waals surface area contributed by atoms with E-state index < -0.39 is 5.97 Å². The van der Waals surface area contributed by atoms with Crippen LogP contribution in [0.4, 0.5) is 0 Å². The van der Waals surface area contributed by atoms with Gasteiger partial charge in [0.15, 0.2) is 5.69 Å². The third-order valence-electron chi connectivity index (χ3n) is 3.87. The third kappa shape index (κ3) is 2.66. The van der Waals surface area contributed by atoms with Crippen molar-refractivity contribution in [3.8, 4) is 0 Å². The fourth-order valence-corrected chi connectivity index (χ4v) is 2.48. The fourth-order valence-electron chi connectivity index (χ4n) is 2.48. The summed E-state index contributed by atoms with van der Waals surface area (Å²) in [4.78, 5) is 25.0. The molecule has 0 spiro atoms. The van der Waals surface area contributed by atoms with Crippen LogP contribution in [0.1, 0.15) is 55.2 Å². The summed E-state index contributed by atoms with van der Waals surface area (Å²) < 4.78 is 1.47. The molecule has 1 fully saturated rings. The van der Waals surface area contributed by atoms with Crippen LogP contribution >= 0.6 is 0 Å². The number of aromatic nitrogens is 3. The van der Waals surface area contributed by atoms with Crippen molar-refractivity contribution in [2.75, 3.05) is 13.1 Å². The van der Waals surface area contributed by atoms with E-state index in [9.17, 15) is 14.7 Å². The molecule has 7 nitrogen and oxygen atoms in total. The lowest BCUT2D eigenvalue weighted by Gasteiger charge is -2.26. The highest BCUT2D eigenvalue weighted by Gasteiger charge is 2.31. The Labute approximate surface area is 117 Å². The molecule has 0 saturated heterocycles. The summed E-state index contributed by atoms with van der Waals surface area (Å²) in [5.41, 5.74) is 0.589. The summed E-state index contributed by atoms with van der Waals surface area (Å²) in [6, 6.07) is 0. The predicted molar refractivity (Wildman–Crippen MR) is 71.5 cm³/mol. The Kier molecular flexibility index (Phi) is 4.36. The van der Waals surface area contributed by atoms with Gasteiger partial charge in [-0.15, -0.1) is 5.10 Å². The van der Waals surface area contributed by atoms with E-state index in [-0.39, 0.29) is 24.1 Å². The molecule has 0 atom stereocenters. The lowest BCUT2D eigenvalue weighted by Crippen LogP contribution is -2.34. The second kappa shape index (κ2) is 6.02. The first-order valence-electron chi connectivity index (χ1n) is 7.02. The molecule has 0 aliphatic heterocycles. The van der Waals surface area contributed by atoms with Gasteiger partial charge in [-0.3, -0.25) is 4.79 Å². The van der Waals surface area contributed by atoms with E-state index >= 15 is 0 Å². The van der Waals surface area contributed by atoms with Gasteiger partial charge in [0.2, 0.25) is 5.91 Å². The Bertz CT molecular complexity index is 504. The van der Waals surface area contributed by atoms with Gasteiger partial charge in [-0.1, -0.05) is 11.6 Å². The van der Waals surface area contributed by atoms with Crippen molar-refractivity contribution in [2.24, 2.45) is 0 Å². The molecule has 0 radical (unpaired) electrons. The summed E-state index contributed by atoms with van der Waals surface area (Å²) in [6.07, 6.45) is 2.96. The lowest BCUT2D eigenvalue weighted by molar-refractivity contribution is -0.131. The minimum Gasteiger partial charge on any atom is -0.476 e. The van der Waals surface area contributed by atoms with Crippen molar-refractivity contribution < 1.29 is 14.7 Å². The van der Waals surface area contributed by atoms with Crippen LogP contribution in [0.2, 0.25) is 0 Å². The van der Waals surface area contributed by atoms with E-state index in [1.165, 1.54) is 4.68 Å². The number of carboxylic acid groups (broad SMARTS) is 1.